The molecule has 164 valence electrons. The number of hydrogen-bond donors (Lipinski definition) is 0. The van der Waals surface area contributed by atoms with Gasteiger partial charge in [0.2, 0.25) is 5.95 Å². The maximum absolute atomic E-state index is 14.2. The van der Waals surface area contributed by atoms with Gasteiger partial charge in [-0.3, -0.25) is 19.1 Å². The molecule has 7 nitrogen and oxygen atoms in total. The molecule has 3 atom stereocenters. The number of piperidine rings is 1. The Morgan fingerprint density at radius 1 is 1.12 bits per heavy atom. The second kappa shape index (κ2) is 7.51. The Bertz CT molecular complexity index is 1270. The predicted octanol–water partition coefficient (Wildman–Crippen LogP) is 2.33. The highest BCUT2D eigenvalue weighted by Crippen LogP contribution is 2.49. The third-order valence-electron chi connectivity index (χ3n) is 6.46. The lowest BCUT2D eigenvalue weighted by Crippen LogP contribution is -2.38. The zero-order chi connectivity index (χ0) is 22.6. The van der Waals surface area contributed by atoms with E-state index in [0.29, 0.717) is 19.0 Å². The molecule has 0 bridgehead atoms. The average Bonchev–Trinajstić information content (AvgIpc) is 3.28. The van der Waals surface area contributed by atoms with Crippen molar-refractivity contribution in [3.05, 3.63) is 76.3 Å². The fraction of sp³-hybridized carbons (Fsp3) is 0.304. The van der Waals surface area contributed by atoms with Gasteiger partial charge in [-0.05, 0) is 18.2 Å². The van der Waals surface area contributed by atoms with Gasteiger partial charge in [0.15, 0.2) is 5.82 Å². The normalized spacial score (nSPS) is 21.4. The van der Waals surface area contributed by atoms with Crippen LogP contribution in [0.5, 0.6) is 0 Å². The Morgan fingerprint density at radius 2 is 1.84 bits per heavy atom. The van der Waals surface area contributed by atoms with Crippen LogP contribution in [0.15, 0.2) is 53.6 Å². The lowest BCUT2D eigenvalue weighted by molar-refractivity contribution is 0.0768. The van der Waals surface area contributed by atoms with Gasteiger partial charge in [0.1, 0.15) is 5.82 Å². The molecule has 1 amide bonds. The molecule has 2 aromatic heterocycles. The summed E-state index contributed by atoms with van der Waals surface area (Å²) in [7, 11) is 3.47. The summed E-state index contributed by atoms with van der Waals surface area (Å²) in [6.45, 7) is 1.03. The van der Waals surface area contributed by atoms with Crippen LogP contribution in [-0.4, -0.2) is 51.5 Å². The van der Waals surface area contributed by atoms with Crippen LogP contribution < -0.4 is 10.5 Å². The van der Waals surface area contributed by atoms with Crippen LogP contribution in [0.2, 0.25) is 0 Å². The number of fused-ring (bicyclic) bond motifs is 1. The maximum Gasteiger partial charge on any atom is 0.256 e. The molecule has 9 heteroatoms. The lowest BCUT2D eigenvalue weighted by Gasteiger charge is -2.26. The molecule has 2 aliphatic rings. The van der Waals surface area contributed by atoms with E-state index < -0.39 is 11.6 Å². The summed E-state index contributed by atoms with van der Waals surface area (Å²) >= 11 is 0. The highest BCUT2D eigenvalue weighted by molar-refractivity contribution is 5.94. The SMILES string of the molecule is CN(c1nc(-c2ccncc2F)cc(=O)n1C)[C@@H]1[C@@H]2CN(C(=O)c3ccccc3F)C[C@@H]21. The molecular formula is C23H21F2N5O2. The Hall–Kier alpha value is -3.62. The Balaban J connectivity index is 1.36. The molecule has 0 spiro atoms. The Kier molecular flexibility index (Phi) is 4.76. The molecule has 0 radical (unpaired) electrons. The van der Waals surface area contributed by atoms with E-state index in [0.717, 1.165) is 6.20 Å². The van der Waals surface area contributed by atoms with E-state index in [-0.39, 0.29) is 46.2 Å². The molecular weight excluding hydrogens is 416 g/mol. The van der Waals surface area contributed by atoms with E-state index in [9.17, 15) is 18.4 Å². The number of rotatable bonds is 4. The van der Waals surface area contributed by atoms with Crippen molar-refractivity contribution in [2.24, 2.45) is 18.9 Å². The van der Waals surface area contributed by atoms with Crippen molar-refractivity contribution in [2.45, 2.75) is 6.04 Å². The number of carbonyl (C=O) groups is 1. The van der Waals surface area contributed by atoms with Crippen molar-refractivity contribution >= 4 is 11.9 Å². The van der Waals surface area contributed by atoms with Crippen molar-refractivity contribution in [3.63, 3.8) is 0 Å². The topological polar surface area (TPSA) is 71.3 Å². The van der Waals surface area contributed by atoms with E-state index in [1.54, 1.807) is 24.1 Å². The number of hydrogen-bond acceptors (Lipinski definition) is 5. The van der Waals surface area contributed by atoms with Crippen molar-refractivity contribution in [1.82, 2.24) is 19.4 Å². The zero-order valence-corrected chi connectivity index (χ0v) is 17.6. The molecule has 1 aromatic carbocycles. The summed E-state index contributed by atoms with van der Waals surface area (Å²) in [6, 6.07) is 8.86. The van der Waals surface area contributed by atoms with Gasteiger partial charge in [-0.25, -0.2) is 13.8 Å². The summed E-state index contributed by atoms with van der Waals surface area (Å²) in [5.74, 6) is -0.547. The molecule has 5 rings (SSSR count). The minimum absolute atomic E-state index is 0.0786. The molecule has 1 aliphatic heterocycles. The van der Waals surface area contributed by atoms with Crippen molar-refractivity contribution in [1.29, 1.82) is 0 Å². The molecule has 0 N–H and O–H groups in total. The number of halogens is 2. The average molecular weight is 437 g/mol. The first-order valence-electron chi connectivity index (χ1n) is 10.3. The van der Waals surface area contributed by atoms with Crippen LogP contribution in [0.25, 0.3) is 11.3 Å². The quantitative estimate of drug-likeness (QED) is 0.627. The third kappa shape index (κ3) is 3.24. The number of aromatic nitrogens is 3. The zero-order valence-electron chi connectivity index (χ0n) is 17.6. The van der Waals surface area contributed by atoms with Gasteiger partial charge in [-0.1, -0.05) is 12.1 Å². The number of benzene rings is 1. The highest BCUT2D eigenvalue weighted by Gasteiger charge is 2.59. The first-order chi connectivity index (χ1) is 15.4. The molecule has 1 aliphatic carbocycles. The Labute approximate surface area is 182 Å². The van der Waals surface area contributed by atoms with Crippen LogP contribution in [0, 0.1) is 23.5 Å². The Morgan fingerprint density at radius 3 is 2.53 bits per heavy atom. The molecule has 2 fully saturated rings. The number of nitrogens with zero attached hydrogens (tertiary/aromatic N) is 5. The van der Waals surface area contributed by atoms with Crippen LogP contribution in [0.1, 0.15) is 10.4 Å². The van der Waals surface area contributed by atoms with E-state index >= 15 is 0 Å². The van der Waals surface area contributed by atoms with Gasteiger partial charge in [0.25, 0.3) is 11.5 Å². The fourth-order valence-corrected chi connectivity index (χ4v) is 4.74. The van der Waals surface area contributed by atoms with E-state index in [2.05, 4.69) is 9.97 Å². The lowest BCUT2D eigenvalue weighted by atomic mass is 10.2. The van der Waals surface area contributed by atoms with Crippen molar-refractivity contribution < 1.29 is 13.6 Å². The highest BCUT2D eigenvalue weighted by atomic mass is 19.1. The minimum Gasteiger partial charge on any atom is -0.342 e. The molecule has 3 aromatic rings. The van der Waals surface area contributed by atoms with Crippen LogP contribution in [0.4, 0.5) is 14.7 Å². The number of amides is 1. The number of anilines is 1. The van der Waals surface area contributed by atoms with Crippen LogP contribution in [-0.2, 0) is 7.05 Å². The number of likely N-dealkylation sites (tertiary alicyclic amines) is 1. The summed E-state index contributed by atoms with van der Waals surface area (Å²) in [4.78, 5) is 37.1. The van der Waals surface area contributed by atoms with Gasteiger partial charge in [-0.15, -0.1) is 0 Å². The summed E-state index contributed by atoms with van der Waals surface area (Å²) in [5, 5.41) is 0. The largest absolute Gasteiger partial charge is 0.342 e. The van der Waals surface area contributed by atoms with E-state index in [1.807, 2.05) is 11.9 Å². The van der Waals surface area contributed by atoms with Gasteiger partial charge >= 0.3 is 0 Å². The van der Waals surface area contributed by atoms with Crippen LogP contribution in [0.3, 0.4) is 0 Å². The molecule has 0 unspecified atom stereocenters. The van der Waals surface area contributed by atoms with Gasteiger partial charge in [0, 0.05) is 62.9 Å². The maximum atomic E-state index is 14.2. The second-order valence-electron chi connectivity index (χ2n) is 8.31. The van der Waals surface area contributed by atoms with E-state index in [4.69, 9.17) is 0 Å². The first kappa shape index (κ1) is 20.3. The van der Waals surface area contributed by atoms with Gasteiger partial charge < -0.3 is 9.80 Å². The van der Waals surface area contributed by atoms with Gasteiger partial charge in [0.05, 0.1) is 17.5 Å². The second-order valence-corrected chi connectivity index (χ2v) is 8.31. The van der Waals surface area contributed by atoms with Crippen LogP contribution >= 0.6 is 0 Å². The monoisotopic (exact) mass is 437 g/mol. The summed E-state index contributed by atoms with van der Waals surface area (Å²) in [5.41, 5.74) is 0.243. The van der Waals surface area contributed by atoms with Crippen molar-refractivity contribution in [3.8, 4) is 11.3 Å². The number of carbonyl (C=O) groups excluding carboxylic acids is 1. The third-order valence-corrected chi connectivity index (χ3v) is 6.46. The fourth-order valence-electron chi connectivity index (χ4n) is 4.74. The summed E-state index contributed by atoms with van der Waals surface area (Å²) < 4.78 is 29.6. The molecule has 3 heterocycles. The number of pyridine rings is 1. The molecule has 1 saturated heterocycles. The smallest absolute Gasteiger partial charge is 0.256 e. The van der Waals surface area contributed by atoms with Crippen molar-refractivity contribution in [2.75, 3.05) is 25.0 Å². The molecule has 1 saturated carbocycles. The van der Waals surface area contributed by atoms with E-state index in [1.165, 1.54) is 35.0 Å². The van der Waals surface area contributed by atoms with Gasteiger partial charge in [-0.2, -0.15) is 0 Å². The summed E-state index contributed by atoms with van der Waals surface area (Å²) in [6.07, 6.45) is 2.54. The predicted molar refractivity (Wildman–Crippen MR) is 114 cm³/mol. The standard InChI is InChI=1S/C23H21F2N5O2/c1-28-20(31)9-19(13-7-8-26-10-18(13)25)27-23(28)29(2)21-15-11-30(12-16(15)21)22(32)14-5-3-4-6-17(14)24/h3-10,15-16,21H,11-12H2,1-2H3/t15-,16+,21-. The molecule has 32 heavy (non-hydrogen) atoms. The minimum atomic E-state index is -0.549. The first-order valence-corrected chi connectivity index (χ1v) is 10.3.